The van der Waals surface area contributed by atoms with E-state index in [0.29, 0.717) is 11.8 Å². The molecule has 0 bridgehead atoms. The summed E-state index contributed by atoms with van der Waals surface area (Å²) in [7, 11) is 0. The van der Waals surface area contributed by atoms with Crippen LogP contribution in [-0.4, -0.2) is 35.8 Å². The molecule has 0 radical (unpaired) electrons. The summed E-state index contributed by atoms with van der Waals surface area (Å²) >= 11 is 0. The molecule has 26 heavy (non-hydrogen) atoms. The van der Waals surface area contributed by atoms with E-state index in [1.165, 1.54) is 11.6 Å². The molecular weight excluding hydrogens is 324 g/mol. The molecule has 2 atom stereocenters. The first-order chi connectivity index (χ1) is 12.6. The van der Waals surface area contributed by atoms with E-state index in [-0.39, 0.29) is 17.4 Å². The zero-order chi connectivity index (χ0) is 18.6. The van der Waals surface area contributed by atoms with Gasteiger partial charge in [0.15, 0.2) is 0 Å². The summed E-state index contributed by atoms with van der Waals surface area (Å²) in [5.74, 6) is 0.512. The second-order valence-corrected chi connectivity index (χ2v) is 7.82. The van der Waals surface area contributed by atoms with Crippen LogP contribution in [-0.2, 0) is 16.0 Å². The lowest BCUT2D eigenvalue weighted by atomic mass is 9.64. The van der Waals surface area contributed by atoms with E-state index in [1.807, 2.05) is 18.2 Å². The van der Waals surface area contributed by atoms with Crippen LogP contribution in [0, 0.1) is 11.3 Å². The highest BCUT2D eigenvalue weighted by Crippen LogP contribution is 2.45. The molecule has 0 aromatic heterocycles. The van der Waals surface area contributed by atoms with E-state index in [1.54, 1.807) is 0 Å². The third kappa shape index (κ3) is 3.84. The smallest absolute Gasteiger partial charge is 0.243 e. The van der Waals surface area contributed by atoms with Gasteiger partial charge in [0.05, 0.1) is 5.41 Å². The van der Waals surface area contributed by atoms with E-state index in [4.69, 9.17) is 0 Å². The number of piperidine rings is 1. The van der Waals surface area contributed by atoms with Crippen molar-refractivity contribution in [3.05, 3.63) is 48.6 Å². The van der Waals surface area contributed by atoms with Gasteiger partial charge >= 0.3 is 0 Å². The van der Waals surface area contributed by atoms with Crippen molar-refractivity contribution in [2.24, 2.45) is 11.3 Å². The minimum atomic E-state index is -0.211. The number of benzene rings is 1. The lowest BCUT2D eigenvalue weighted by Gasteiger charge is -2.47. The van der Waals surface area contributed by atoms with Gasteiger partial charge in [-0.05, 0) is 49.7 Å². The van der Waals surface area contributed by atoms with Gasteiger partial charge < -0.3 is 10.2 Å². The van der Waals surface area contributed by atoms with Crippen LogP contribution in [0.5, 0.6) is 0 Å². The number of carbonyl (C=O) groups excluding carboxylic acids is 2. The molecule has 1 saturated carbocycles. The number of likely N-dealkylation sites (tertiary alicyclic amines) is 1. The van der Waals surface area contributed by atoms with Gasteiger partial charge in [0.1, 0.15) is 0 Å². The predicted octanol–water partition coefficient (Wildman–Crippen LogP) is 3.33. The fourth-order valence-corrected chi connectivity index (χ4v) is 4.45. The molecule has 2 unspecified atom stereocenters. The first-order valence-electron chi connectivity index (χ1n) is 9.84. The molecule has 140 valence electrons. The van der Waals surface area contributed by atoms with Crippen molar-refractivity contribution >= 4 is 11.8 Å². The van der Waals surface area contributed by atoms with Crippen LogP contribution in [0.1, 0.15) is 44.6 Å². The summed E-state index contributed by atoms with van der Waals surface area (Å²) < 4.78 is 0. The summed E-state index contributed by atoms with van der Waals surface area (Å²) in [5.41, 5.74) is 1.04. The van der Waals surface area contributed by atoms with E-state index >= 15 is 0 Å². The van der Waals surface area contributed by atoms with Crippen molar-refractivity contribution in [2.75, 3.05) is 13.1 Å². The van der Waals surface area contributed by atoms with Gasteiger partial charge in [-0.2, -0.15) is 0 Å². The highest BCUT2D eigenvalue weighted by atomic mass is 16.2. The molecule has 0 spiro atoms. The number of rotatable bonds is 6. The maximum atomic E-state index is 13.4. The summed E-state index contributed by atoms with van der Waals surface area (Å²) in [6, 6.07) is 10.5. The largest absolute Gasteiger partial charge is 0.349 e. The summed E-state index contributed by atoms with van der Waals surface area (Å²) in [6.45, 7) is 7.14. The topological polar surface area (TPSA) is 49.4 Å². The summed E-state index contributed by atoms with van der Waals surface area (Å²) in [4.78, 5) is 27.1. The normalized spacial score (nSPS) is 24.4. The molecular formula is C22H30N2O2. The van der Waals surface area contributed by atoms with Gasteiger partial charge in [0.25, 0.3) is 0 Å². The molecule has 1 aliphatic carbocycles. The Balaban J connectivity index is 1.67. The number of hydrogen-bond acceptors (Lipinski definition) is 2. The van der Waals surface area contributed by atoms with E-state index in [0.717, 1.165) is 51.6 Å². The standard InChI is InChI=1S/C22H30N2O2/c1-3-18-16-24(14-11-19(18)23-20(25)4-2)21(26)22(12-8-13-22)15-17-9-6-5-7-10-17/h4-7,9-10,18-19H,2-3,8,11-16H2,1H3,(H,23,25). The fourth-order valence-electron chi connectivity index (χ4n) is 4.45. The van der Waals surface area contributed by atoms with Gasteiger partial charge in [-0.3, -0.25) is 9.59 Å². The van der Waals surface area contributed by atoms with Crippen molar-refractivity contribution in [3.8, 4) is 0 Å². The second kappa shape index (κ2) is 8.07. The molecule has 1 saturated heterocycles. The van der Waals surface area contributed by atoms with Gasteiger partial charge in [-0.15, -0.1) is 0 Å². The lowest BCUT2D eigenvalue weighted by Crippen LogP contribution is -2.56. The van der Waals surface area contributed by atoms with Gasteiger partial charge in [-0.1, -0.05) is 50.3 Å². The van der Waals surface area contributed by atoms with Gasteiger partial charge in [0.2, 0.25) is 11.8 Å². The third-order valence-corrected chi connectivity index (χ3v) is 6.21. The monoisotopic (exact) mass is 354 g/mol. The molecule has 1 aromatic carbocycles. The third-order valence-electron chi connectivity index (χ3n) is 6.21. The maximum Gasteiger partial charge on any atom is 0.243 e. The van der Waals surface area contributed by atoms with Crippen molar-refractivity contribution in [1.29, 1.82) is 0 Å². The van der Waals surface area contributed by atoms with Gasteiger partial charge in [-0.25, -0.2) is 0 Å². The van der Waals surface area contributed by atoms with Crippen LogP contribution < -0.4 is 5.32 Å². The molecule has 1 aliphatic heterocycles. The number of hydrogen-bond donors (Lipinski definition) is 1. The van der Waals surface area contributed by atoms with Crippen LogP contribution in [0.25, 0.3) is 0 Å². The minimum Gasteiger partial charge on any atom is -0.349 e. The van der Waals surface area contributed by atoms with Crippen molar-refractivity contribution in [1.82, 2.24) is 10.2 Å². The lowest BCUT2D eigenvalue weighted by molar-refractivity contribution is -0.150. The van der Waals surface area contributed by atoms with Crippen LogP contribution in [0.3, 0.4) is 0 Å². The Morgan fingerprint density at radius 1 is 1.31 bits per heavy atom. The molecule has 1 heterocycles. The van der Waals surface area contributed by atoms with Crippen molar-refractivity contribution in [2.45, 2.75) is 51.5 Å². The number of carbonyl (C=O) groups is 2. The van der Waals surface area contributed by atoms with E-state index < -0.39 is 0 Å². The predicted molar refractivity (Wildman–Crippen MR) is 104 cm³/mol. The first kappa shape index (κ1) is 18.7. The molecule has 1 aromatic rings. The Morgan fingerprint density at radius 2 is 2.04 bits per heavy atom. The molecule has 2 aliphatic rings. The average molecular weight is 354 g/mol. The average Bonchev–Trinajstić information content (AvgIpc) is 2.65. The molecule has 1 N–H and O–H groups in total. The summed E-state index contributed by atoms with van der Waals surface area (Å²) in [6.07, 6.45) is 7.07. The molecule has 4 heteroatoms. The zero-order valence-corrected chi connectivity index (χ0v) is 15.7. The Labute approximate surface area is 156 Å². The second-order valence-electron chi connectivity index (χ2n) is 7.82. The highest BCUT2D eigenvalue weighted by Gasteiger charge is 2.47. The molecule has 3 rings (SSSR count). The van der Waals surface area contributed by atoms with Crippen LogP contribution >= 0.6 is 0 Å². The SMILES string of the molecule is C=CC(=O)NC1CCN(C(=O)C2(Cc3ccccc3)CCC2)CC1CC. The van der Waals surface area contributed by atoms with Gasteiger partial charge in [0, 0.05) is 19.1 Å². The Morgan fingerprint density at radius 3 is 2.62 bits per heavy atom. The van der Waals surface area contributed by atoms with Crippen LogP contribution in [0.15, 0.2) is 43.0 Å². The minimum absolute atomic E-state index is 0.118. The quantitative estimate of drug-likeness (QED) is 0.797. The Hall–Kier alpha value is -2.10. The maximum absolute atomic E-state index is 13.4. The highest BCUT2D eigenvalue weighted by molar-refractivity contribution is 5.87. The first-order valence-corrected chi connectivity index (χ1v) is 9.84. The molecule has 2 fully saturated rings. The van der Waals surface area contributed by atoms with Crippen LogP contribution in [0.4, 0.5) is 0 Å². The van der Waals surface area contributed by atoms with Crippen LogP contribution in [0.2, 0.25) is 0 Å². The Kier molecular flexibility index (Phi) is 5.80. The summed E-state index contributed by atoms with van der Waals surface area (Å²) in [5, 5.41) is 3.04. The Bertz CT molecular complexity index is 651. The fraction of sp³-hybridized carbons (Fsp3) is 0.545. The zero-order valence-electron chi connectivity index (χ0n) is 15.7. The number of amides is 2. The number of nitrogens with zero attached hydrogens (tertiary/aromatic N) is 1. The van der Waals surface area contributed by atoms with E-state index in [9.17, 15) is 9.59 Å². The molecule has 2 amide bonds. The van der Waals surface area contributed by atoms with Crippen molar-refractivity contribution in [3.63, 3.8) is 0 Å². The number of nitrogens with one attached hydrogen (secondary N) is 1. The van der Waals surface area contributed by atoms with E-state index in [2.05, 4.69) is 35.9 Å². The van der Waals surface area contributed by atoms with Crippen molar-refractivity contribution < 1.29 is 9.59 Å². The molecule has 4 nitrogen and oxygen atoms in total.